The van der Waals surface area contributed by atoms with Crippen LogP contribution in [0.2, 0.25) is 0 Å². The molecule has 4 heteroatoms. The van der Waals surface area contributed by atoms with E-state index in [9.17, 15) is 9.50 Å². The Morgan fingerprint density at radius 3 is 3.11 bits per heavy atom. The van der Waals surface area contributed by atoms with Crippen LogP contribution >= 0.6 is 0 Å². The quantitative estimate of drug-likeness (QED) is 0.873. The minimum absolute atomic E-state index is 0.123. The second-order valence-electron chi connectivity index (χ2n) is 5.03. The zero-order valence-corrected chi connectivity index (χ0v) is 10.3. The molecule has 1 aliphatic carbocycles. The molecule has 3 rings (SSSR count). The molecule has 0 bridgehead atoms. The highest BCUT2D eigenvalue weighted by Gasteiger charge is 2.36. The molecule has 1 saturated carbocycles. The summed E-state index contributed by atoms with van der Waals surface area (Å²) < 4.78 is 19.0. The lowest BCUT2D eigenvalue weighted by Gasteiger charge is -2.40. The first-order valence-corrected chi connectivity index (χ1v) is 6.57. The Labute approximate surface area is 106 Å². The zero-order chi connectivity index (χ0) is 12.5. The molecular weight excluding hydrogens is 233 g/mol. The van der Waals surface area contributed by atoms with Crippen LogP contribution in [0.5, 0.6) is 0 Å². The molecule has 2 unspecified atom stereocenters. The molecule has 3 nitrogen and oxygen atoms in total. The van der Waals surface area contributed by atoms with E-state index in [-0.39, 0.29) is 12.4 Å². The number of rotatable bonds is 2. The van der Waals surface area contributed by atoms with Crippen LogP contribution in [0.25, 0.3) is 0 Å². The van der Waals surface area contributed by atoms with E-state index < -0.39 is 0 Å². The van der Waals surface area contributed by atoms with Crippen molar-refractivity contribution < 1.29 is 14.2 Å². The van der Waals surface area contributed by atoms with Gasteiger partial charge in [-0.05, 0) is 37.5 Å². The average molecular weight is 251 g/mol. The number of aliphatic hydroxyl groups is 1. The molecule has 1 aromatic rings. The minimum Gasteiger partial charge on any atom is -0.392 e. The molecule has 1 aliphatic heterocycles. The summed E-state index contributed by atoms with van der Waals surface area (Å²) in [5, 5.41) is 9.39. The fraction of sp³-hybridized carbons (Fsp3) is 0.571. The van der Waals surface area contributed by atoms with Crippen molar-refractivity contribution in [3.05, 3.63) is 29.6 Å². The fourth-order valence-corrected chi connectivity index (χ4v) is 3.19. The van der Waals surface area contributed by atoms with Crippen molar-refractivity contribution in [1.29, 1.82) is 0 Å². The number of benzene rings is 1. The second-order valence-corrected chi connectivity index (χ2v) is 5.03. The van der Waals surface area contributed by atoms with Crippen molar-refractivity contribution in [3.8, 4) is 0 Å². The number of ether oxygens (including phenoxy) is 1. The molecule has 0 spiro atoms. The molecule has 1 N–H and O–H groups in total. The van der Waals surface area contributed by atoms with Crippen molar-refractivity contribution in [3.63, 3.8) is 0 Å². The van der Waals surface area contributed by atoms with E-state index in [4.69, 9.17) is 4.74 Å². The third-order valence-corrected chi connectivity index (χ3v) is 4.00. The molecule has 0 amide bonds. The normalized spacial score (nSPS) is 27.3. The van der Waals surface area contributed by atoms with Gasteiger partial charge in [-0.3, -0.25) is 0 Å². The molecule has 18 heavy (non-hydrogen) atoms. The van der Waals surface area contributed by atoms with Crippen LogP contribution in [0.4, 0.5) is 10.1 Å². The van der Waals surface area contributed by atoms with Gasteiger partial charge in [-0.1, -0.05) is 0 Å². The summed E-state index contributed by atoms with van der Waals surface area (Å²) >= 11 is 0. The predicted molar refractivity (Wildman–Crippen MR) is 67.0 cm³/mol. The number of nitrogens with zero attached hydrogens (tertiary/aromatic N) is 1. The van der Waals surface area contributed by atoms with Crippen LogP contribution in [0.1, 0.15) is 24.8 Å². The van der Waals surface area contributed by atoms with E-state index in [2.05, 4.69) is 4.90 Å². The SMILES string of the molecule is OCc1cc(F)ccc1N1CCOC2CCCC21. The van der Waals surface area contributed by atoms with Crippen molar-refractivity contribution in [2.45, 2.75) is 38.0 Å². The van der Waals surface area contributed by atoms with Crippen molar-refractivity contribution in [1.82, 2.24) is 0 Å². The molecule has 2 aliphatic rings. The van der Waals surface area contributed by atoms with Gasteiger partial charge < -0.3 is 14.7 Å². The number of anilines is 1. The molecule has 2 fully saturated rings. The molecular formula is C14H18FNO2. The Morgan fingerprint density at radius 1 is 1.39 bits per heavy atom. The molecule has 1 saturated heterocycles. The lowest BCUT2D eigenvalue weighted by atomic mass is 10.1. The summed E-state index contributed by atoms with van der Waals surface area (Å²) in [5.41, 5.74) is 1.63. The Bertz CT molecular complexity index is 438. The smallest absolute Gasteiger partial charge is 0.123 e. The third kappa shape index (κ3) is 1.99. The van der Waals surface area contributed by atoms with E-state index in [1.165, 1.54) is 18.6 Å². The largest absolute Gasteiger partial charge is 0.392 e. The van der Waals surface area contributed by atoms with Gasteiger partial charge in [-0.25, -0.2) is 4.39 Å². The summed E-state index contributed by atoms with van der Waals surface area (Å²) in [6.07, 6.45) is 3.71. The van der Waals surface area contributed by atoms with Gasteiger partial charge in [0.1, 0.15) is 5.82 Å². The number of aliphatic hydroxyl groups excluding tert-OH is 1. The summed E-state index contributed by atoms with van der Waals surface area (Å²) in [7, 11) is 0. The van der Waals surface area contributed by atoms with Crippen LogP contribution in [-0.2, 0) is 11.3 Å². The van der Waals surface area contributed by atoms with E-state index in [0.29, 0.717) is 24.3 Å². The molecule has 2 atom stereocenters. The Morgan fingerprint density at radius 2 is 2.28 bits per heavy atom. The van der Waals surface area contributed by atoms with Gasteiger partial charge in [-0.2, -0.15) is 0 Å². The van der Waals surface area contributed by atoms with Gasteiger partial charge in [-0.15, -0.1) is 0 Å². The zero-order valence-electron chi connectivity index (χ0n) is 10.3. The molecule has 0 aromatic heterocycles. The Balaban J connectivity index is 1.93. The monoisotopic (exact) mass is 251 g/mol. The highest BCUT2D eigenvalue weighted by molar-refractivity contribution is 5.55. The Hall–Kier alpha value is -1.13. The maximum atomic E-state index is 13.2. The van der Waals surface area contributed by atoms with Gasteiger partial charge in [0.15, 0.2) is 0 Å². The predicted octanol–water partition coefficient (Wildman–Crippen LogP) is 2.08. The summed E-state index contributed by atoms with van der Waals surface area (Å²) in [6.45, 7) is 1.41. The summed E-state index contributed by atoms with van der Waals surface area (Å²) in [5.74, 6) is -0.293. The molecule has 98 valence electrons. The average Bonchev–Trinajstić information content (AvgIpc) is 2.86. The maximum Gasteiger partial charge on any atom is 0.123 e. The van der Waals surface area contributed by atoms with Gasteiger partial charge in [0.2, 0.25) is 0 Å². The number of hydrogen-bond acceptors (Lipinski definition) is 3. The standard InChI is InChI=1S/C14H18FNO2/c15-11-4-5-12(10(8-11)9-17)16-6-7-18-14-3-1-2-13(14)16/h4-5,8,13-14,17H,1-3,6-7,9H2. The van der Waals surface area contributed by atoms with E-state index >= 15 is 0 Å². The highest BCUT2D eigenvalue weighted by Crippen LogP contribution is 2.34. The van der Waals surface area contributed by atoms with Crippen molar-refractivity contribution in [2.75, 3.05) is 18.1 Å². The number of halogens is 1. The van der Waals surface area contributed by atoms with Crippen LogP contribution in [0, 0.1) is 5.82 Å². The first-order chi connectivity index (χ1) is 8.79. The second kappa shape index (κ2) is 4.86. The van der Waals surface area contributed by atoms with E-state index in [1.807, 2.05) is 0 Å². The first-order valence-electron chi connectivity index (χ1n) is 6.57. The minimum atomic E-state index is -0.293. The van der Waals surface area contributed by atoms with Crippen LogP contribution in [0.3, 0.4) is 0 Å². The lowest BCUT2D eigenvalue weighted by molar-refractivity contribution is 0.0255. The van der Waals surface area contributed by atoms with Crippen LogP contribution < -0.4 is 4.90 Å². The summed E-state index contributed by atoms with van der Waals surface area (Å²) in [4.78, 5) is 2.28. The van der Waals surface area contributed by atoms with E-state index in [1.54, 1.807) is 6.07 Å². The first kappa shape index (κ1) is 11.9. The number of morpholine rings is 1. The Kier molecular flexibility index (Phi) is 3.22. The lowest BCUT2D eigenvalue weighted by Crippen LogP contribution is -2.49. The molecule has 1 heterocycles. The van der Waals surface area contributed by atoms with Gasteiger partial charge >= 0.3 is 0 Å². The van der Waals surface area contributed by atoms with Crippen LogP contribution in [-0.4, -0.2) is 30.4 Å². The van der Waals surface area contributed by atoms with Gasteiger partial charge in [0.25, 0.3) is 0 Å². The highest BCUT2D eigenvalue weighted by atomic mass is 19.1. The van der Waals surface area contributed by atoms with E-state index in [0.717, 1.165) is 25.1 Å². The van der Waals surface area contributed by atoms with Gasteiger partial charge in [0.05, 0.1) is 25.4 Å². The van der Waals surface area contributed by atoms with Gasteiger partial charge in [0, 0.05) is 17.8 Å². The fourth-order valence-electron chi connectivity index (χ4n) is 3.19. The summed E-state index contributed by atoms with van der Waals surface area (Å²) in [6, 6.07) is 5.05. The number of hydrogen-bond donors (Lipinski definition) is 1. The maximum absolute atomic E-state index is 13.2. The van der Waals surface area contributed by atoms with Crippen molar-refractivity contribution in [2.24, 2.45) is 0 Å². The topological polar surface area (TPSA) is 32.7 Å². The number of fused-ring (bicyclic) bond motifs is 1. The van der Waals surface area contributed by atoms with Crippen molar-refractivity contribution >= 4 is 5.69 Å². The molecule has 1 aromatic carbocycles. The van der Waals surface area contributed by atoms with Crippen LogP contribution in [0.15, 0.2) is 18.2 Å². The molecule has 0 radical (unpaired) electrons. The third-order valence-electron chi connectivity index (χ3n) is 4.00.